The average Bonchev–Trinajstić information content (AvgIpc) is 2.77. The van der Waals surface area contributed by atoms with E-state index in [0.717, 1.165) is 35.7 Å². The molecule has 102 valence electrons. The number of halogens is 1. The van der Waals surface area contributed by atoms with Gasteiger partial charge in [0.2, 0.25) is 0 Å². The molecule has 1 aromatic heterocycles. The van der Waals surface area contributed by atoms with Gasteiger partial charge in [-0.1, -0.05) is 25.0 Å². The molecule has 1 N–H and O–H groups in total. The molecule has 0 aliphatic rings. The van der Waals surface area contributed by atoms with Crippen molar-refractivity contribution < 1.29 is 4.39 Å². The Kier molecular flexibility index (Phi) is 4.66. The molecule has 2 aromatic rings. The third-order valence-electron chi connectivity index (χ3n) is 2.95. The van der Waals surface area contributed by atoms with Crippen LogP contribution in [0.1, 0.15) is 29.5 Å². The maximum Gasteiger partial charge on any atom is 0.133 e. The average molecular weight is 278 g/mol. The van der Waals surface area contributed by atoms with Crippen molar-refractivity contribution in [1.82, 2.24) is 10.3 Å². The molecule has 0 unspecified atom stereocenters. The quantitative estimate of drug-likeness (QED) is 0.896. The monoisotopic (exact) mass is 278 g/mol. The van der Waals surface area contributed by atoms with Crippen LogP contribution in [0, 0.1) is 12.7 Å². The second-order valence-corrected chi connectivity index (χ2v) is 5.74. The molecule has 0 saturated heterocycles. The van der Waals surface area contributed by atoms with Crippen LogP contribution in [-0.2, 0) is 13.0 Å². The van der Waals surface area contributed by atoms with Gasteiger partial charge < -0.3 is 5.32 Å². The van der Waals surface area contributed by atoms with Crippen LogP contribution in [0.4, 0.5) is 4.39 Å². The van der Waals surface area contributed by atoms with Gasteiger partial charge in [0.15, 0.2) is 0 Å². The van der Waals surface area contributed by atoms with E-state index in [1.54, 1.807) is 17.4 Å². The number of hydrogen-bond donors (Lipinski definition) is 1. The second-order valence-electron chi connectivity index (χ2n) is 4.65. The van der Waals surface area contributed by atoms with E-state index < -0.39 is 0 Å². The van der Waals surface area contributed by atoms with Crippen molar-refractivity contribution in [2.75, 3.05) is 7.05 Å². The minimum absolute atomic E-state index is 0.196. The van der Waals surface area contributed by atoms with Gasteiger partial charge in [-0.25, -0.2) is 9.37 Å². The van der Waals surface area contributed by atoms with E-state index in [0.29, 0.717) is 5.56 Å². The highest BCUT2D eigenvalue weighted by Crippen LogP contribution is 2.31. The number of aryl methyl sites for hydroxylation is 2. The highest BCUT2D eigenvalue weighted by molar-refractivity contribution is 7.15. The van der Waals surface area contributed by atoms with E-state index in [2.05, 4.69) is 17.2 Å². The Morgan fingerprint density at radius 2 is 2.16 bits per heavy atom. The molecule has 0 aliphatic carbocycles. The standard InChI is InChI=1S/C15H19FN2S/c1-4-5-13-14(9-17-3)19-15(18-13)11-8-10(2)6-7-12(11)16/h6-8,17H,4-5,9H2,1-3H3. The molecule has 0 bridgehead atoms. The Morgan fingerprint density at radius 1 is 1.37 bits per heavy atom. The topological polar surface area (TPSA) is 24.9 Å². The van der Waals surface area contributed by atoms with Gasteiger partial charge in [-0.05, 0) is 32.5 Å². The molecule has 2 rings (SSSR count). The first-order valence-corrected chi connectivity index (χ1v) is 7.37. The van der Waals surface area contributed by atoms with Crippen molar-refractivity contribution >= 4 is 11.3 Å². The summed E-state index contributed by atoms with van der Waals surface area (Å²) in [6.45, 7) is 4.90. The Bertz CT molecular complexity index is 540. The number of thiazole rings is 1. The van der Waals surface area contributed by atoms with Gasteiger partial charge in [0, 0.05) is 17.0 Å². The zero-order valence-corrected chi connectivity index (χ0v) is 12.4. The highest BCUT2D eigenvalue weighted by Gasteiger charge is 2.14. The minimum atomic E-state index is -0.196. The zero-order chi connectivity index (χ0) is 13.8. The summed E-state index contributed by atoms with van der Waals surface area (Å²) in [5, 5.41) is 3.94. The van der Waals surface area contributed by atoms with Gasteiger partial charge in [-0.3, -0.25) is 0 Å². The van der Waals surface area contributed by atoms with Crippen LogP contribution in [0.2, 0.25) is 0 Å². The molecule has 0 aliphatic heterocycles. The SMILES string of the molecule is CCCc1nc(-c2cc(C)ccc2F)sc1CNC. The molecular formula is C15H19FN2S. The van der Waals surface area contributed by atoms with E-state index >= 15 is 0 Å². The lowest BCUT2D eigenvalue weighted by atomic mass is 10.1. The van der Waals surface area contributed by atoms with Crippen LogP contribution >= 0.6 is 11.3 Å². The molecule has 0 spiro atoms. The lowest BCUT2D eigenvalue weighted by Crippen LogP contribution is -2.05. The van der Waals surface area contributed by atoms with Crippen LogP contribution in [0.5, 0.6) is 0 Å². The smallest absolute Gasteiger partial charge is 0.133 e. The highest BCUT2D eigenvalue weighted by atomic mass is 32.1. The Morgan fingerprint density at radius 3 is 2.84 bits per heavy atom. The van der Waals surface area contributed by atoms with Gasteiger partial charge in [-0.15, -0.1) is 11.3 Å². The molecule has 0 amide bonds. The molecule has 2 nitrogen and oxygen atoms in total. The summed E-state index contributed by atoms with van der Waals surface area (Å²) in [4.78, 5) is 5.84. The largest absolute Gasteiger partial charge is 0.315 e. The third kappa shape index (κ3) is 3.19. The molecule has 0 saturated carbocycles. The van der Waals surface area contributed by atoms with Crippen LogP contribution in [0.15, 0.2) is 18.2 Å². The van der Waals surface area contributed by atoms with E-state index in [1.807, 2.05) is 20.0 Å². The van der Waals surface area contributed by atoms with Gasteiger partial charge in [-0.2, -0.15) is 0 Å². The third-order valence-corrected chi connectivity index (χ3v) is 4.09. The van der Waals surface area contributed by atoms with Crippen molar-refractivity contribution in [3.63, 3.8) is 0 Å². The number of aromatic nitrogens is 1. The number of hydrogen-bond acceptors (Lipinski definition) is 3. The Hall–Kier alpha value is -1.26. The van der Waals surface area contributed by atoms with Crippen molar-refractivity contribution in [2.24, 2.45) is 0 Å². The van der Waals surface area contributed by atoms with Gasteiger partial charge in [0.05, 0.1) is 5.69 Å². The normalized spacial score (nSPS) is 10.9. The lowest BCUT2D eigenvalue weighted by molar-refractivity contribution is 0.630. The fraction of sp³-hybridized carbons (Fsp3) is 0.400. The van der Waals surface area contributed by atoms with E-state index in [9.17, 15) is 4.39 Å². The number of rotatable bonds is 5. The fourth-order valence-electron chi connectivity index (χ4n) is 2.03. The predicted octanol–water partition coefficient (Wildman–Crippen LogP) is 3.93. The first-order valence-electron chi connectivity index (χ1n) is 6.55. The van der Waals surface area contributed by atoms with Gasteiger partial charge >= 0.3 is 0 Å². The van der Waals surface area contributed by atoms with E-state index in [4.69, 9.17) is 0 Å². The lowest BCUT2D eigenvalue weighted by Gasteiger charge is -2.00. The maximum atomic E-state index is 13.9. The molecule has 1 heterocycles. The van der Waals surface area contributed by atoms with Crippen molar-refractivity contribution in [3.8, 4) is 10.6 Å². The molecule has 4 heteroatoms. The maximum absolute atomic E-state index is 13.9. The summed E-state index contributed by atoms with van der Waals surface area (Å²) in [5.41, 5.74) is 2.77. The predicted molar refractivity (Wildman–Crippen MR) is 79.0 cm³/mol. The fourth-order valence-corrected chi connectivity index (χ4v) is 3.17. The van der Waals surface area contributed by atoms with Crippen molar-refractivity contribution in [3.05, 3.63) is 40.2 Å². The summed E-state index contributed by atoms with van der Waals surface area (Å²) in [5.74, 6) is -0.196. The van der Waals surface area contributed by atoms with Crippen LogP contribution in [0.3, 0.4) is 0 Å². The Labute approximate surface area is 117 Å². The molecule has 19 heavy (non-hydrogen) atoms. The van der Waals surface area contributed by atoms with Crippen LogP contribution in [-0.4, -0.2) is 12.0 Å². The summed E-state index contributed by atoms with van der Waals surface area (Å²) in [6.07, 6.45) is 2.00. The molecule has 0 fully saturated rings. The summed E-state index contributed by atoms with van der Waals surface area (Å²) < 4.78 is 13.9. The number of nitrogens with zero attached hydrogens (tertiary/aromatic N) is 1. The van der Waals surface area contributed by atoms with Crippen LogP contribution in [0.25, 0.3) is 10.6 Å². The van der Waals surface area contributed by atoms with Crippen molar-refractivity contribution in [1.29, 1.82) is 0 Å². The van der Waals surface area contributed by atoms with Crippen molar-refractivity contribution in [2.45, 2.75) is 33.2 Å². The minimum Gasteiger partial charge on any atom is -0.315 e. The van der Waals surface area contributed by atoms with Crippen LogP contribution < -0.4 is 5.32 Å². The first kappa shape index (κ1) is 14.2. The number of nitrogens with one attached hydrogen (secondary N) is 1. The molecule has 0 atom stereocenters. The number of benzene rings is 1. The first-order chi connectivity index (χ1) is 9.15. The summed E-state index contributed by atoms with van der Waals surface area (Å²) >= 11 is 1.59. The van der Waals surface area contributed by atoms with Gasteiger partial charge in [0.25, 0.3) is 0 Å². The summed E-state index contributed by atoms with van der Waals surface area (Å²) in [7, 11) is 1.92. The van der Waals surface area contributed by atoms with Gasteiger partial charge in [0.1, 0.15) is 10.8 Å². The molecule has 0 radical (unpaired) electrons. The molecule has 1 aromatic carbocycles. The second kappa shape index (κ2) is 6.26. The van der Waals surface area contributed by atoms with E-state index in [-0.39, 0.29) is 5.82 Å². The summed E-state index contributed by atoms with van der Waals surface area (Å²) in [6, 6.07) is 5.17. The Balaban J connectivity index is 2.44. The zero-order valence-electron chi connectivity index (χ0n) is 11.6. The van der Waals surface area contributed by atoms with E-state index in [1.165, 1.54) is 10.9 Å². The molecular weight excluding hydrogens is 259 g/mol.